The molecule has 1 atom stereocenters. The minimum absolute atomic E-state index is 0.256. The van der Waals surface area contributed by atoms with Gasteiger partial charge in [-0.15, -0.1) is 11.8 Å². The van der Waals surface area contributed by atoms with Crippen LogP contribution in [0, 0.1) is 0 Å². The first kappa shape index (κ1) is 27.0. The Bertz CT molecular complexity index is 1260. The van der Waals surface area contributed by atoms with Gasteiger partial charge in [0.25, 0.3) is 5.60 Å². The zero-order valence-electron chi connectivity index (χ0n) is 19.4. The largest absolute Gasteiger partial charge is 0.430 e. The van der Waals surface area contributed by atoms with Crippen LogP contribution in [0.5, 0.6) is 0 Å². The van der Waals surface area contributed by atoms with E-state index in [2.05, 4.69) is 16.7 Å². The van der Waals surface area contributed by atoms with Crippen LogP contribution in [0.4, 0.5) is 32.0 Å². The molecule has 0 saturated heterocycles. The number of hydrogen-bond donors (Lipinski definition) is 3. The topological polar surface area (TPSA) is 61.4 Å². The first-order valence-corrected chi connectivity index (χ1v) is 12.4. The Balaban J connectivity index is 1.50. The minimum Gasteiger partial charge on any atom is -0.369 e. The van der Waals surface area contributed by atoms with Crippen molar-refractivity contribution >= 4 is 23.4 Å². The lowest BCUT2D eigenvalue weighted by atomic mass is 9.90. The normalized spacial score (nSPS) is 16.3. The molecule has 0 aliphatic carbocycles. The van der Waals surface area contributed by atoms with Gasteiger partial charge in [0.05, 0.1) is 0 Å². The number of hydrogen-bond acceptors (Lipinski definition) is 4. The number of amides is 1. The standard InChI is InChI=1S/C26H22F6N2O2S/c1-37-20-10-11-21-17(14-20)12-13-33-22(21)23(35)34-19-8-4-16(5-9-19)15-2-6-18(7-3-15)24(36,25(27,28)29)26(30,31)32/h2-11,14,22,33,36H,12-13H2,1H3,(H,34,35). The Morgan fingerprint density at radius 2 is 1.49 bits per heavy atom. The van der Waals surface area contributed by atoms with Crippen molar-refractivity contribution in [2.45, 2.75) is 35.3 Å². The predicted molar refractivity (Wildman–Crippen MR) is 129 cm³/mol. The number of alkyl halides is 6. The second kappa shape index (κ2) is 10.0. The molecule has 0 fully saturated rings. The number of thioether (sulfide) groups is 1. The number of anilines is 1. The van der Waals surface area contributed by atoms with E-state index in [9.17, 15) is 36.2 Å². The van der Waals surface area contributed by atoms with E-state index in [4.69, 9.17) is 0 Å². The van der Waals surface area contributed by atoms with Gasteiger partial charge in [0.2, 0.25) is 5.91 Å². The zero-order chi connectivity index (χ0) is 27.0. The van der Waals surface area contributed by atoms with Gasteiger partial charge in [-0.1, -0.05) is 42.5 Å². The van der Waals surface area contributed by atoms with Crippen LogP contribution in [0.25, 0.3) is 11.1 Å². The molecule has 0 aromatic heterocycles. The van der Waals surface area contributed by atoms with Gasteiger partial charge >= 0.3 is 12.4 Å². The first-order chi connectivity index (χ1) is 17.3. The molecule has 0 bridgehead atoms. The quantitative estimate of drug-likeness (QED) is 0.266. The molecule has 0 spiro atoms. The highest BCUT2D eigenvalue weighted by Gasteiger charge is 2.71. The van der Waals surface area contributed by atoms with Gasteiger partial charge in [0.15, 0.2) is 0 Å². The summed E-state index contributed by atoms with van der Waals surface area (Å²) in [6, 6.07) is 15.1. The molecule has 4 rings (SSSR count). The predicted octanol–water partition coefficient (Wildman–Crippen LogP) is 6.21. The minimum atomic E-state index is -5.95. The van der Waals surface area contributed by atoms with Crippen molar-refractivity contribution in [3.05, 3.63) is 83.4 Å². The Morgan fingerprint density at radius 3 is 2.03 bits per heavy atom. The van der Waals surface area contributed by atoms with Crippen molar-refractivity contribution in [1.82, 2.24) is 5.32 Å². The van der Waals surface area contributed by atoms with Gasteiger partial charge in [0.1, 0.15) is 6.04 Å². The molecule has 1 aliphatic rings. The van der Waals surface area contributed by atoms with Crippen molar-refractivity contribution in [1.29, 1.82) is 0 Å². The fourth-order valence-corrected chi connectivity index (χ4v) is 4.72. The molecule has 196 valence electrons. The molecule has 11 heteroatoms. The molecule has 0 radical (unpaired) electrons. The Kier molecular flexibility index (Phi) is 7.33. The maximum absolute atomic E-state index is 13.1. The lowest BCUT2D eigenvalue weighted by Crippen LogP contribution is -2.53. The van der Waals surface area contributed by atoms with Crippen LogP contribution in [-0.2, 0) is 16.8 Å². The SMILES string of the molecule is CSc1ccc2c(c1)CCNC2C(=O)Nc1ccc(-c2ccc(C(O)(C(F)(F)F)C(F)(F)F)cc2)cc1. The van der Waals surface area contributed by atoms with E-state index >= 15 is 0 Å². The maximum atomic E-state index is 13.1. The molecule has 3 aromatic rings. The molecule has 3 aromatic carbocycles. The zero-order valence-corrected chi connectivity index (χ0v) is 20.2. The van der Waals surface area contributed by atoms with Crippen LogP contribution in [0.3, 0.4) is 0 Å². The summed E-state index contributed by atoms with van der Waals surface area (Å²) in [7, 11) is 0. The number of rotatable bonds is 5. The molecule has 0 saturated carbocycles. The number of carbonyl (C=O) groups excluding carboxylic acids is 1. The molecular weight excluding hydrogens is 518 g/mol. The third kappa shape index (κ3) is 5.21. The Morgan fingerprint density at radius 1 is 0.919 bits per heavy atom. The van der Waals surface area contributed by atoms with Crippen LogP contribution >= 0.6 is 11.8 Å². The summed E-state index contributed by atoms with van der Waals surface area (Å²) in [6.45, 7) is 0.648. The van der Waals surface area contributed by atoms with Gasteiger partial charge in [0, 0.05) is 22.7 Å². The third-order valence-corrected chi connectivity index (χ3v) is 7.00. The van der Waals surface area contributed by atoms with Crippen molar-refractivity contribution in [2.75, 3.05) is 18.1 Å². The molecule has 3 N–H and O–H groups in total. The summed E-state index contributed by atoms with van der Waals surface area (Å²) < 4.78 is 78.6. The molecule has 37 heavy (non-hydrogen) atoms. The van der Waals surface area contributed by atoms with Crippen LogP contribution < -0.4 is 10.6 Å². The molecule has 1 amide bonds. The van der Waals surface area contributed by atoms with Gasteiger partial charge in [-0.25, -0.2) is 0 Å². The van der Waals surface area contributed by atoms with Gasteiger partial charge in [-0.05, 0) is 59.2 Å². The summed E-state index contributed by atoms with van der Waals surface area (Å²) in [6.07, 6.45) is -9.10. The number of carbonyl (C=O) groups is 1. The number of benzene rings is 3. The Labute approximate surface area is 213 Å². The molecule has 1 aliphatic heterocycles. The van der Waals surface area contributed by atoms with E-state index in [1.807, 2.05) is 18.4 Å². The summed E-state index contributed by atoms with van der Waals surface area (Å²) in [5.74, 6) is -0.256. The van der Waals surface area contributed by atoms with Crippen molar-refractivity contribution in [3.63, 3.8) is 0 Å². The summed E-state index contributed by atoms with van der Waals surface area (Å²) in [5, 5.41) is 15.6. The summed E-state index contributed by atoms with van der Waals surface area (Å²) in [4.78, 5) is 14.1. The van der Waals surface area contributed by atoms with Crippen molar-refractivity contribution in [2.24, 2.45) is 0 Å². The van der Waals surface area contributed by atoms with Crippen LogP contribution in [0.2, 0.25) is 0 Å². The summed E-state index contributed by atoms with van der Waals surface area (Å²) >= 11 is 1.62. The number of aliphatic hydroxyl groups is 1. The van der Waals surface area contributed by atoms with Crippen molar-refractivity contribution in [3.8, 4) is 11.1 Å². The Hall–Kier alpha value is -3.02. The molecule has 1 heterocycles. The van der Waals surface area contributed by atoms with E-state index in [0.29, 0.717) is 35.5 Å². The monoisotopic (exact) mass is 540 g/mol. The maximum Gasteiger partial charge on any atom is 0.430 e. The van der Waals surface area contributed by atoms with Crippen LogP contribution in [0.15, 0.2) is 71.6 Å². The van der Waals surface area contributed by atoms with E-state index in [0.717, 1.165) is 34.6 Å². The van der Waals surface area contributed by atoms with Crippen molar-refractivity contribution < 1.29 is 36.2 Å². The highest BCUT2D eigenvalue weighted by molar-refractivity contribution is 7.98. The second-order valence-corrected chi connectivity index (χ2v) is 9.43. The van der Waals surface area contributed by atoms with E-state index in [-0.39, 0.29) is 5.91 Å². The average molecular weight is 541 g/mol. The fraction of sp³-hybridized carbons (Fsp3) is 0.269. The van der Waals surface area contributed by atoms with E-state index in [1.165, 1.54) is 0 Å². The number of fused-ring (bicyclic) bond motifs is 1. The lowest BCUT2D eigenvalue weighted by molar-refractivity contribution is -0.376. The van der Waals surface area contributed by atoms with E-state index < -0.39 is 29.6 Å². The number of halogens is 6. The smallest absolute Gasteiger partial charge is 0.369 e. The molecular formula is C26H22F6N2O2S. The third-order valence-electron chi connectivity index (χ3n) is 6.28. The summed E-state index contributed by atoms with van der Waals surface area (Å²) in [5.41, 5.74) is -2.99. The van der Waals surface area contributed by atoms with E-state index in [1.54, 1.807) is 36.0 Å². The van der Waals surface area contributed by atoms with Crippen LogP contribution in [-0.4, -0.2) is 36.2 Å². The van der Waals surface area contributed by atoms with Gasteiger partial charge in [-0.2, -0.15) is 26.3 Å². The fourth-order valence-electron chi connectivity index (χ4n) is 4.25. The van der Waals surface area contributed by atoms with Gasteiger partial charge < -0.3 is 15.7 Å². The lowest BCUT2D eigenvalue weighted by Gasteiger charge is -2.32. The highest BCUT2D eigenvalue weighted by atomic mass is 32.2. The highest BCUT2D eigenvalue weighted by Crippen LogP contribution is 2.50. The molecule has 1 unspecified atom stereocenters. The van der Waals surface area contributed by atoms with Gasteiger partial charge in [-0.3, -0.25) is 4.79 Å². The second-order valence-electron chi connectivity index (χ2n) is 8.55. The van der Waals surface area contributed by atoms with Crippen LogP contribution in [0.1, 0.15) is 22.7 Å². The number of nitrogens with one attached hydrogen (secondary N) is 2. The molecule has 4 nitrogen and oxygen atoms in total. The first-order valence-electron chi connectivity index (χ1n) is 11.1. The average Bonchev–Trinajstić information content (AvgIpc) is 2.86.